The second-order valence-corrected chi connectivity index (χ2v) is 7.34. The van der Waals surface area contributed by atoms with E-state index in [0.717, 1.165) is 6.07 Å². The van der Waals surface area contributed by atoms with Crippen molar-refractivity contribution < 1.29 is 31.9 Å². The van der Waals surface area contributed by atoms with Crippen LogP contribution in [-0.2, 0) is 15.8 Å². The first kappa shape index (κ1) is 20.1. The fraction of sp³-hybridized carbons (Fsp3) is 0.500. The molecule has 28 heavy (non-hydrogen) atoms. The van der Waals surface area contributed by atoms with E-state index < -0.39 is 41.6 Å². The molecule has 2 N–H and O–H groups in total. The summed E-state index contributed by atoms with van der Waals surface area (Å²) in [5.41, 5.74) is -1.88. The van der Waals surface area contributed by atoms with Gasteiger partial charge in [-0.25, -0.2) is 4.39 Å². The van der Waals surface area contributed by atoms with Crippen LogP contribution in [0.4, 0.5) is 17.6 Å². The van der Waals surface area contributed by atoms with Gasteiger partial charge in [0.1, 0.15) is 17.9 Å². The van der Waals surface area contributed by atoms with Gasteiger partial charge in [-0.05, 0) is 30.5 Å². The molecule has 1 aromatic rings. The Morgan fingerprint density at radius 1 is 1.29 bits per heavy atom. The number of amides is 3. The molecule has 0 aromatic heterocycles. The molecule has 0 bridgehead atoms. The largest absolute Gasteiger partial charge is 0.419 e. The summed E-state index contributed by atoms with van der Waals surface area (Å²) >= 11 is 0. The first-order valence-corrected chi connectivity index (χ1v) is 8.77. The van der Waals surface area contributed by atoms with E-state index in [1.165, 1.54) is 4.90 Å². The van der Waals surface area contributed by atoms with Gasteiger partial charge >= 0.3 is 6.18 Å². The van der Waals surface area contributed by atoms with Gasteiger partial charge in [0.15, 0.2) is 0 Å². The number of carbonyl (C=O) groups is 3. The van der Waals surface area contributed by atoms with E-state index in [1.807, 2.05) is 0 Å². The Hall–Kier alpha value is -2.65. The van der Waals surface area contributed by atoms with Crippen LogP contribution in [-0.4, -0.2) is 47.3 Å². The Balaban J connectivity index is 1.73. The summed E-state index contributed by atoms with van der Waals surface area (Å²) in [7, 11) is 0. The third kappa shape index (κ3) is 3.67. The summed E-state index contributed by atoms with van der Waals surface area (Å²) < 4.78 is 51.9. The smallest absolute Gasteiger partial charge is 0.347 e. The van der Waals surface area contributed by atoms with Crippen LogP contribution in [0, 0.1) is 11.7 Å². The van der Waals surface area contributed by atoms with Crippen molar-refractivity contribution in [3.8, 4) is 0 Å². The molecule has 6 nitrogen and oxygen atoms in total. The summed E-state index contributed by atoms with van der Waals surface area (Å²) in [5, 5.41) is 5.20. The fourth-order valence-electron chi connectivity index (χ4n) is 3.53. The maximum absolute atomic E-state index is 13.4. The van der Waals surface area contributed by atoms with Crippen molar-refractivity contribution in [2.75, 3.05) is 6.54 Å². The van der Waals surface area contributed by atoms with Crippen molar-refractivity contribution in [3.05, 3.63) is 35.1 Å². The minimum atomic E-state index is -4.93. The number of nitrogens with zero attached hydrogens (tertiary/aromatic N) is 1. The van der Waals surface area contributed by atoms with Crippen LogP contribution < -0.4 is 10.6 Å². The van der Waals surface area contributed by atoms with Crippen molar-refractivity contribution in [2.45, 2.75) is 44.6 Å². The van der Waals surface area contributed by atoms with Crippen LogP contribution in [0.15, 0.2) is 18.2 Å². The second-order valence-electron chi connectivity index (χ2n) is 7.34. The summed E-state index contributed by atoms with van der Waals surface area (Å²) in [5.74, 6) is -2.98. The molecule has 0 spiro atoms. The predicted molar refractivity (Wildman–Crippen MR) is 89.5 cm³/mol. The summed E-state index contributed by atoms with van der Waals surface area (Å²) in [4.78, 5) is 38.5. The average molecular weight is 401 g/mol. The molecule has 2 saturated heterocycles. The number of benzene rings is 1. The van der Waals surface area contributed by atoms with E-state index in [9.17, 15) is 31.9 Å². The molecular formula is C18H19F4N3O3. The van der Waals surface area contributed by atoms with Gasteiger partial charge in [0.2, 0.25) is 11.8 Å². The lowest BCUT2D eigenvalue weighted by Gasteiger charge is -2.36. The van der Waals surface area contributed by atoms with Crippen molar-refractivity contribution >= 4 is 17.7 Å². The molecule has 3 rings (SSSR count). The molecule has 0 unspecified atom stereocenters. The number of rotatable bonds is 3. The molecule has 0 aliphatic carbocycles. The molecule has 3 amide bonds. The van der Waals surface area contributed by atoms with E-state index in [1.54, 1.807) is 13.8 Å². The SMILES string of the molecule is CC(C)[C@@H]1NC(=O)[C@@H]2C[C@H](NC(=O)c3ccc(F)c(C(F)(F)F)c3)CN2C1=O. The minimum absolute atomic E-state index is 0.0825. The second kappa shape index (κ2) is 7.06. The standard InChI is InChI=1S/C18H19F4N3O3/c1-8(2)14-17(28)25-7-10(6-13(25)16(27)24-14)23-15(26)9-3-4-12(19)11(5-9)18(20,21)22/h3-5,8,10,13-14H,6-7H2,1-2H3,(H,23,26)(H,24,27)/t10-,13-,14-/m0/s1. The maximum atomic E-state index is 13.4. The fourth-order valence-corrected chi connectivity index (χ4v) is 3.53. The number of hydrogen-bond acceptors (Lipinski definition) is 3. The van der Waals surface area contributed by atoms with E-state index >= 15 is 0 Å². The molecule has 0 radical (unpaired) electrons. The van der Waals surface area contributed by atoms with Crippen LogP contribution >= 0.6 is 0 Å². The van der Waals surface area contributed by atoms with Crippen LogP contribution in [0.3, 0.4) is 0 Å². The van der Waals surface area contributed by atoms with Crippen LogP contribution in [0.2, 0.25) is 0 Å². The van der Waals surface area contributed by atoms with E-state index in [2.05, 4.69) is 10.6 Å². The highest BCUT2D eigenvalue weighted by atomic mass is 19.4. The molecule has 2 aliphatic rings. The lowest BCUT2D eigenvalue weighted by Crippen LogP contribution is -2.62. The Bertz CT molecular complexity index is 825. The van der Waals surface area contributed by atoms with Crippen LogP contribution in [0.5, 0.6) is 0 Å². The van der Waals surface area contributed by atoms with Crippen molar-refractivity contribution in [1.82, 2.24) is 15.5 Å². The lowest BCUT2D eigenvalue weighted by molar-refractivity contribution is -0.148. The Morgan fingerprint density at radius 3 is 2.57 bits per heavy atom. The number of fused-ring (bicyclic) bond motifs is 1. The normalized spacial score (nSPS) is 25.0. The number of hydrogen-bond donors (Lipinski definition) is 2. The summed E-state index contributed by atoms with van der Waals surface area (Å²) in [6.07, 6.45) is -4.77. The highest BCUT2D eigenvalue weighted by Gasteiger charge is 2.47. The first-order chi connectivity index (χ1) is 13.0. The molecule has 10 heteroatoms. The average Bonchev–Trinajstić information content (AvgIpc) is 3.01. The van der Waals surface area contributed by atoms with E-state index in [0.29, 0.717) is 12.1 Å². The van der Waals surface area contributed by atoms with Crippen molar-refractivity contribution in [1.29, 1.82) is 0 Å². The van der Waals surface area contributed by atoms with Gasteiger partial charge in [-0.1, -0.05) is 13.8 Å². The van der Waals surface area contributed by atoms with Crippen molar-refractivity contribution in [3.63, 3.8) is 0 Å². The monoisotopic (exact) mass is 401 g/mol. The summed E-state index contributed by atoms with van der Waals surface area (Å²) in [6, 6.07) is 0.00261. The van der Waals surface area contributed by atoms with E-state index in [-0.39, 0.29) is 36.3 Å². The van der Waals surface area contributed by atoms with Crippen LogP contribution in [0.25, 0.3) is 0 Å². The molecule has 3 atom stereocenters. The number of piperazine rings is 1. The number of nitrogens with one attached hydrogen (secondary N) is 2. The van der Waals surface area contributed by atoms with Gasteiger partial charge in [-0.2, -0.15) is 13.2 Å². The molecule has 1 aromatic carbocycles. The first-order valence-electron chi connectivity index (χ1n) is 8.77. The Kier molecular flexibility index (Phi) is 5.07. The van der Waals surface area contributed by atoms with Gasteiger partial charge < -0.3 is 15.5 Å². The van der Waals surface area contributed by atoms with Gasteiger partial charge in [-0.15, -0.1) is 0 Å². The van der Waals surface area contributed by atoms with Gasteiger partial charge in [0.05, 0.1) is 5.56 Å². The molecule has 0 saturated carbocycles. The number of alkyl halides is 3. The van der Waals surface area contributed by atoms with Crippen LogP contribution in [0.1, 0.15) is 36.2 Å². The highest BCUT2D eigenvalue weighted by molar-refractivity contribution is 5.98. The topological polar surface area (TPSA) is 78.5 Å². The molecule has 2 heterocycles. The van der Waals surface area contributed by atoms with Gasteiger partial charge in [0, 0.05) is 18.2 Å². The third-order valence-corrected chi connectivity index (χ3v) is 4.99. The number of carbonyl (C=O) groups excluding carboxylic acids is 3. The van der Waals surface area contributed by atoms with E-state index in [4.69, 9.17) is 0 Å². The molecule has 2 aliphatic heterocycles. The minimum Gasteiger partial charge on any atom is -0.347 e. The zero-order valence-electron chi connectivity index (χ0n) is 15.1. The maximum Gasteiger partial charge on any atom is 0.419 e. The lowest BCUT2D eigenvalue weighted by atomic mass is 9.98. The zero-order valence-corrected chi connectivity index (χ0v) is 15.1. The molecule has 152 valence electrons. The quantitative estimate of drug-likeness (QED) is 0.757. The number of halogens is 4. The molecule has 2 fully saturated rings. The van der Waals surface area contributed by atoms with Gasteiger partial charge in [-0.3, -0.25) is 14.4 Å². The Morgan fingerprint density at radius 2 is 1.96 bits per heavy atom. The predicted octanol–water partition coefficient (Wildman–Crippen LogP) is 1.70. The molecular weight excluding hydrogens is 382 g/mol. The van der Waals surface area contributed by atoms with Crippen molar-refractivity contribution in [2.24, 2.45) is 5.92 Å². The zero-order chi connectivity index (χ0) is 20.8. The summed E-state index contributed by atoms with van der Waals surface area (Å²) in [6.45, 7) is 3.68. The highest BCUT2D eigenvalue weighted by Crippen LogP contribution is 2.32. The van der Waals surface area contributed by atoms with Gasteiger partial charge in [0.25, 0.3) is 5.91 Å². The third-order valence-electron chi connectivity index (χ3n) is 4.99. The Labute approximate surface area is 158 Å².